The molecule has 8 nitrogen and oxygen atoms in total. The summed E-state index contributed by atoms with van der Waals surface area (Å²) in [5.74, 6) is -1.07. The van der Waals surface area contributed by atoms with E-state index in [1.165, 1.54) is 12.0 Å². The summed E-state index contributed by atoms with van der Waals surface area (Å²) in [5, 5.41) is 3.05. The molecule has 2 heterocycles. The standard InChI is InChI=1S/C16H17N3O5S/c1-23-14(21)8-11-15(22)17-6-7-19(11)13(20)9-25-16-18-10-4-2-3-5-12(10)24-16/h2-5,11H,6-9H2,1H3,(H,17,22)/t11-/m1/s1. The Hall–Kier alpha value is -2.55. The molecule has 1 fully saturated rings. The molecule has 0 saturated carbocycles. The van der Waals surface area contributed by atoms with Crippen LogP contribution >= 0.6 is 11.8 Å². The minimum absolute atomic E-state index is 0.0672. The number of carbonyl (C=O) groups excluding carboxylic acids is 3. The van der Waals surface area contributed by atoms with Crippen LogP contribution in [0.4, 0.5) is 0 Å². The third-order valence-corrected chi connectivity index (χ3v) is 4.65. The first kappa shape index (κ1) is 17.3. The number of rotatable bonds is 5. The highest BCUT2D eigenvalue weighted by molar-refractivity contribution is 7.99. The number of nitrogens with zero attached hydrogens (tertiary/aromatic N) is 2. The smallest absolute Gasteiger partial charge is 0.308 e. The fourth-order valence-electron chi connectivity index (χ4n) is 2.58. The number of piperazine rings is 1. The summed E-state index contributed by atoms with van der Waals surface area (Å²) in [7, 11) is 1.25. The van der Waals surface area contributed by atoms with E-state index in [0.29, 0.717) is 23.9 Å². The van der Waals surface area contributed by atoms with Crippen LogP contribution in [0.15, 0.2) is 33.9 Å². The Bertz CT molecular complexity index is 773. The van der Waals surface area contributed by atoms with Crippen molar-refractivity contribution in [2.24, 2.45) is 0 Å². The Balaban J connectivity index is 1.65. The van der Waals surface area contributed by atoms with E-state index in [-0.39, 0.29) is 24.0 Å². The van der Waals surface area contributed by atoms with Crippen molar-refractivity contribution < 1.29 is 23.5 Å². The molecule has 0 bridgehead atoms. The predicted molar refractivity (Wildman–Crippen MR) is 89.9 cm³/mol. The molecule has 9 heteroatoms. The third-order valence-electron chi connectivity index (χ3n) is 3.83. The molecule has 0 aliphatic carbocycles. The van der Waals surface area contributed by atoms with Gasteiger partial charge in [-0.2, -0.15) is 0 Å². The summed E-state index contributed by atoms with van der Waals surface area (Å²) in [6.45, 7) is 0.705. The Morgan fingerprint density at radius 2 is 2.24 bits per heavy atom. The minimum atomic E-state index is -0.849. The van der Waals surface area contributed by atoms with E-state index >= 15 is 0 Å². The Morgan fingerprint density at radius 3 is 3.00 bits per heavy atom. The predicted octanol–water partition coefficient (Wildman–Crippen LogP) is 0.810. The van der Waals surface area contributed by atoms with Gasteiger partial charge in [0.15, 0.2) is 5.58 Å². The van der Waals surface area contributed by atoms with Gasteiger partial charge in [-0.1, -0.05) is 23.9 Å². The van der Waals surface area contributed by atoms with E-state index < -0.39 is 12.0 Å². The average molecular weight is 363 g/mol. The molecule has 1 aliphatic rings. The molecule has 1 aliphatic heterocycles. The molecular weight excluding hydrogens is 346 g/mol. The quantitative estimate of drug-likeness (QED) is 0.619. The zero-order valence-electron chi connectivity index (χ0n) is 13.6. The van der Waals surface area contributed by atoms with Crippen LogP contribution in [0.2, 0.25) is 0 Å². The van der Waals surface area contributed by atoms with Crippen LogP contribution in [-0.2, 0) is 19.1 Å². The maximum absolute atomic E-state index is 12.5. The molecule has 2 amide bonds. The molecule has 1 saturated heterocycles. The van der Waals surface area contributed by atoms with Gasteiger partial charge < -0.3 is 19.4 Å². The largest absolute Gasteiger partial charge is 0.469 e. The lowest BCUT2D eigenvalue weighted by atomic mass is 10.1. The monoisotopic (exact) mass is 363 g/mol. The second-order valence-electron chi connectivity index (χ2n) is 5.41. The number of fused-ring (bicyclic) bond motifs is 1. The highest BCUT2D eigenvalue weighted by Crippen LogP contribution is 2.24. The van der Waals surface area contributed by atoms with Crippen molar-refractivity contribution in [1.82, 2.24) is 15.2 Å². The van der Waals surface area contributed by atoms with Crippen LogP contribution in [0, 0.1) is 0 Å². The number of esters is 1. The summed E-state index contributed by atoms with van der Waals surface area (Å²) < 4.78 is 10.2. The van der Waals surface area contributed by atoms with Crippen molar-refractivity contribution in [3.05, 3.63) is 24.3 Å². The topological polar surface area (TPSA) is 102 Å². The number of nitrogens with one attached hydrogen (secondary N) is 1. The molecule has 1 aromatic carbocycles. The van der Waals surface area contributed by atoms with Gasteiger partial charge in [0.05, 0.1) is 19.3 Å². The molecule has 3 rings (SSSR count). The number of benzene rings is 1. The van der Waals surface area contributed by atoms with Gasteiger partial charge in [-0.15, -0.1) is 0 Å². The molecule has 1 N–H and O–H groups in total. The number of ether oxygens (including phenoxy) is 1. The zero-order valence-corrected chi connectivity index (χ0v) is 14.4. The SMILES string of the molecule is COC(=O)C[C@@H]1C(=O)NCCN1C(=O)CSc1nc2ccccc2o1. The van der Waals surface area contributed by atoms with Gasteiger partial charge >= 0.3 is 5.97 Å². The van der Waals surface area contributed by atoms with Gasteiger partial charge in [0.25, 0.3) is 5.22 Å². The maximum Gasteiger partial charge on any atom is 0.308 e. The molecule has 1 aromatic heterocycles. The summed E-state index contributed by atoms with van der Waals surface area (Å²) in [5.41, 5.74) is 1.37. The number of hydrogen-bond donors (Lipinski definition) is 1. The molecule has 0 spiro atoms. The van der Waals surface area contributed by atoms with Crippen LogP contribution in [-0.4, -0.2) is 59.7 Å². The number of para-hydroxylation sites is 2. The Kier molecular flexibility index (Phi) is 5.22. The number of oxazole rings is 1. The summed E-state index contributed by atoms with van der Waals surface area (Å²) in [6.07, 6.45) is -0.165. The molecule has 132 valence electrons. The average Bonchev–Trinajstić information content (AvgIpc) is 3.04. The molecule has 25 heavy (non-hydrogen) atoms. The van der Waals surface area contributed by atoms with Crippen molar-refractivity contribution in [2.75, 3.05) is 26.0 Å². The lowest BCUT2D eigenvalue weighted by molar-refractivity contribution is -0.149. The first-order valence-corrected chi connectivity index (χ1v) is 8.69. The van der Waals surface area contributed by atoms with Crippen LogP contribution in [0.25, 0.3) is 11.1 Å². The van der Waals surface area contributed by atoms with E-state index in [0.717, 1.165) is 17.3 Å². The minimum Gasteiger partial charge on any atom is -0.469 e. The second-order valence-corrected chi connectivity index (χ2v) is 6.34. The first-order valence-electron chi connectivity index (χ1n) is 7.71. The summed E-state index contributed by atoms with van der Waals surface area (Å²) in [4.78, 5) is 41.7. The van der Waals surface area contributed by atoms with E-state index in [1.807, 2.05) is 18.2 Å². The van der Waals surface area contributed by atoms with Gasteiger partial charge in [-0.05, 0) is 12.1 Å². The maximum atomic E-state index is 12.5. The van der Waals surface area contributed by atoms with Crippen LogP contribution in [0.3, 0.4) is 0 Å². The molecule has 0 unspecified atom stereocenters. The Labute approximate surface area is 147 Å². The number of amides is 2. The number of hydrogen-bond acceptors (Lipinski definition) is 7. The number of aromatic nitrogens is 1. The number of thioether (sulfide) groups is 1. The van der Waals surface area contributed by atoms with Crippen molar-refractivity contribution in [3.63, 3.8) is 0 Å². The van der Waals surface area contributed by atoms with E-state index in [9.17, 15) is 14.4 Å². The van der Waals surface area contributed by atoms with Crippen molar-refractivity contribution >= 4 is 40.6 Å². The first-order chi connectivity index (χ1) is 12.1. The lowest BCUT2D eigenvalue weighted by Gasteiger charge is -2.34. The summed E-state index contributed by atoms with van der Waals surface area (Å²) >= 11 is 1.16. The zero-order chi connectivity index (χ0) is 17.8. The van der Waals surface area contributed by atoms with E-state index in [4.69, 9.17) is 4.42 Å². The van der Waals surface area contributed by atoms with Crippen LogP contribution in [0.5, 0.6) is 0 Å². The normalized spacial score (nSPS) is 17.4. The second kappa shape index (κ2) is 7.56. The van der Waals surface area contributed by atoms with Gasteiger partial charge in [0.2, 0.25) is 11.8 Å². The fraction of sp³-hybridized carbons (Fsp3) is 0.375. The van der Waals surface area contributed by atoms with Crippen molar-refractivity contribution in [2.45, 2.75) is 17.7 Å². The van der Waals surface area contributed by atoms with Crippen LogP contribution in [0.1, 0.15) is 6.42 Å². The number of carbonyl (C=O) groups is 3. The molecule has 2 aromatic rings. The highest BCUT2D eigenvalue weighted by atomic mass is 32.2. The molecular formula is C16H17N3O5S. The number of methoxy groups -OCH3 is 1. The summed E-state index contributed by atoms with van der Waals surface area (Å²) in [6, 6.07) is 6.48. The Morgan fingerprint density at radius 1 is 1.44 bits per heavy atom. The van der Waals surface area contributed by atoms with Gasteiger partial charge in [0.1, 0.15) is 11.6 Å². The van der Waals surface area contributed by atoms with E-state index in [2.05, 4.69) is 15.0 Å². The highest BCUT2D eigenvalue weighted by Gasteiger charge is 2.35. The van der Waals surface area contributed by atoms with Crippen molar-refractivity contribution in [3.8, 4) is 0 Å². The van der Waals surface area contributed by atoms with Crippen molar-refractivity contribution in [1.29, 1.82) is 0 Å². The fourth-order valence-corrected chi connectivity index (χ4v) is 3.30. The van der Waals surface area contributed by atoms with Gasteiger partial charge in [-0.3, -0.25) is 14.4 Å². The van der Waals surface area contributed by atoms with Gasteiger partial charge in [0, 0.05) is 13.1 Å². The van der Waals surface area contributed by atoms with Gasteiger partial charge in [-0.25, -0.2) is 4.98 Å². The molecule has 0 radical (unpaired) electrons. The lowest BCUT2D eigenvalue weighted by Crippen LogP contribution is -2.58. The van der Waals surface area contributed by atoms with Crippen LogP contribution < -0.4 is 5.32 Å². The molecule has 1 atom stereocenters. The third kappa shape index (κ3) is 3.93. The van der Waals surface area contributed by atoms with E-state index in [1.54, 1.807) is 6.07 Å².